The van der Waals surface area contributed by atoms with E-state index in [1.807, 2.05) is 18.7 Å². The lowest BCUT2D eigenvalue weighted by Gasteiger charge is -2.31. The van der Waals surface area contributed by atoms with Crippen molar-refractivity contribution >= 4 is 0 Å². The van der Waals surface area contributed by atoms with Gasteiger partial charge in [-0.25, -0.2) is 4.98 Å². The van der Waals surface area contributed by atoms with Crippen LogP contribution in [0.5, 0.6) is 0 Å². The summed E-state index contributed by atoms with van der Waals surface area (Å²) < 4.78 is 2.14. The summed E-state index contributed by atoms with van der Waals surface area (Å²) in [5, 5.41) is 3.69. The highest BCUT2D eigenvalue weighted by Gasteiger charge is 2.17. The summed E-state index contributed by atoms with van der Waals surface area (Å²) >= 11 is 0. The second-order valence-electron chi connectivity index (χ2n) is 5.96. The van der Waals surface area contributed by atoms with Crippen molar-refractivity contribution in [1.82, 2.24) is 19.8 Å². The van der Waals surface area contributed by atoms with E-state index in [2.05, 4.69) is 39.7 Å². The first kappa shape index (κ1) is 15.3. The molecule has 0 unspecified atom stereocenters. The van der Waals surface area contributed by atoms with E-state index in [0.717, 1.165) is 19.6 Å². The van der Waals surface area contributed by atoms with Gasteiger partial charge in [-0.3, -0.25) is 4.90 Å². The van der Waals surface area contributed by atoms with Gasteiger partial charge in [0.15, 0.2) is 0 Å². The predicted octanol–water partition coefficient (Wildman–Crippen LogP) is 2.29. The number of nitrogens with one attached hydrogen (secondary N) is 1. The van der Waals surface area contributed by atoms with Gasteiger partial charge in [-0.2, -0.15) is 0 Å². The summed E-state index contributed by atoms with van der Waals surface area (Å²) in [6.07, 6.45) is 11.8. The Morgan fingerprint density at radius 2 is 2.15 bits per heavy atom. The summed E-state index contributed by atoms with van der Waals surface area (Å²) in [6, 6.07) is 0.709. The average Bonchev–Trinajstić information content (AvgIpc) is 2.96. The minimum absolute atomic E-state index is 0.709. The van der Waals surface area contributed by atoms with Crippen molar-refractivity contribution in [2.24, 2.45) is 0 Å². The predicted molar refractivity (Wildman–Crippen MR) is 83.7 cm³/mol. The summed E-state index contributed by atoms with van der Waals surface area (Å²) in [5.74, 6) is 0. The van der Waals surface area contributed by atoms with Crippen molar-refractivity contribution in [3.05, 3.63) is 30.4 Å². The minimum Gasteiger partial charge on any atom is -0.337 e. The van der Waals surface area contributed by atoms with Crippen molar-refractivity contribution in [2.75, 3.05) is 26.2 Å². The number of hydrogen-bond acceptors (Lipinski definition) is 3. The van der Waals surface area contributed by atoms with Crippen LogP contribution in [-0.2, 0) is 6.54 Å². The van der Waals surface area contributed by atoms with Crippen LogP contribution in [0.4, 0.5) is 0 Å². The number of allylic oxidation sites excluding steroid dienone is 1. The van der Waals surface area contributed by atoms with Gasteiger partial charge in [-0.1, -0.05) is 11.6 Å². The van der Waals surface area contributed by atoms with Crippen LogP contribution in [0.1, 0.15) is 33.1 Å². The molecule has 1 aliphatic rings. The van der Waals surface area contributed by atoms with E-state index in [1.165, 1.54) is 37.9 Å². The molecule has 2 heterocycles. The lowest BCUT2D eigenvalue weighted by atomic mass is 10.0. The third-order valence-corrected chi connectivity index (χ3v) is 3.93. The number of hydrogen-bond donors (Lipinski definition) is 1. The summed E-state index contributed by atoms with van der Waals surface area (Å²) in [5.41, 5.74) is 1.42. The molecule has 4 nitrogen and oxygen atoms in total. The zero-order valence-electron chi connectivity index (χ0n) is 12.9. The lowest BCUT2D eigenvalue weighted by molar-refractivity contribution is 0.214. The largest absolute Gasteiger partial charge is 0.337 e. The van der Waals surface area contributed by atoms with Gasteiger partial charge in [0.1, 0.15) is 0 Å². The van der Waals surface area contributed by atoms with Crippen LogP contribution in [0, 0.1) is 0 Å². The van der Waals surface area contributed by atoms with Gasteiger partial charge in [-0.15, -0.1) is 0 Å². The van der Waals surface area contributed by atoms with Gasteiger partial charge in [0.2, 0.25) is 0 Å². The Kier molecular flexibility index (Phi) is 6.27. The molecular formula is C16H28N4. The van der Waals surface area contributed by atoms with Crippen LogP contribution in [0.15, 0.2) is 30.4 Å². The monoisotopic (exact) mass is 276 g/mol. The summed E-state index contributed by atoms with van der Waals surface area (Å²) in [4.78, 5) is 6.61. The number of likely N-dealkylation sites (tertiary alicyclic amines) is 1. The fraction of sp³-hybridized carbons (Fsp3) is 0.688. The maximum atomic E-state index is 4.06. The third kappa shape index (κ3) is 5.47. The van der Waals surface area contributed by atoms with Crippen molar-refractivity contribution in [3.8, 4) is 0 Å². The molecule has 2 rings (SSSR count). The molecule has 20 heavy (non-hydrogen) atoms. The molecule has 1 fully saturated rings. The van der Waals surface area contributed by atoms with Crippen molar-refractivity contribution < 1.29 is 0 Å². The second kappa shape index (κ2) is 8.22. The number of nitrogens with zero attached hydrogens (tertiary/aromatic N) is 3. The highest BCUT2D eigenvalue weighted by molar-refractivity contribution is 4.95. The van der Waals surface area contributed by atoms with Crippen molar-refractivity contribution in [3.63, 3.8) is 0 Å². The Morgan fingerprint density at radius 1 is 1.35 bits per heavy atom. The molecule has 0 aliphatic carbocycles. The molecule has 112 valence electrons. The van der Waals surface area contributed by atoms with Crippen LogP contribution in [0.2, 0.25) is 0 Å². The van der Waals surface area contributed by atoms with E-state index in [-0.39, 0.29) is 0 Å². The van der Waals surface area contributed by atoms with E-state index in [9.17, 15) is 0 Å². The molecule has 1 N–H and O–H groups in total. The Labute approximate surface area is 122 Å². The summed E-state index contributed by atoms with van der Waals surface area (Å²) in [6.45, 7) is 10.1. The molecular weight excluding hydrogens is 248 g/mol. The maximum Gasteiger partial charge on any atom is 0.0945 e. The van der Waals surface area contributed by atoms with Crippen LogP contribution in [-0.4, -0.2) is 46.7 Å². The van der Waals surface area contributed by atoms with Gasteiger partial charge in [-0.05, 0) is 52.7 Å². The quantitative estimate of drug-likeness (QED) is 0.613. The zero-order chi connectivity index (χ0) is 14.2. The minimum atomic E-state index is 0.709. The van der Waals surface area contributed by atoms with Gasteiger partial charge in [0, 0.05) is 31.5 Å². The van der Waals surface area contributed by atoms with E-state index in [0.29, 0.717) is 6.04 Å². The van der Waals surface area contributed by atoms with Crippen LogP contribution in [0.25, 0.3) is 0 Å². The third-order valence-electron chi connectivity index (χ3n) is 3.93. The molecule has 4 heteroatoms. The molecule has 1 aliphatic heterocycles. The van der Waals surface area contributed by atoms with Crippen molar-refractivity contribution in [1.29, 1.82) is 0 Å². The molecule has 0 aromatic carbocycles. The smallest absolute Gasteiger partial charge is 0.0945 e. The maximum absolute atomic E-state index is 4.06. The Bertz CT molecular complexity index is 385. The zero-order valence-corrected chi connectivity index (χ0v) is 12.9. The van der Waals surface area contributed by atoms with Crippen LogP contribution in [0.3, 0.4) is 0 Å². The number of rotatable bonds is 7. The van der Waals surface area contributed by atoms with E-state index in [4.69, 9.17) is 0 Å². The van der Waals surface area contributed by atoms with Gasteiger partial charge < -0.3 is 9.88 Å². The topological polar surface area (TPSA) is 33.1 Å². The molecule has 1 aromatic heterocycles. The molecule has 0 radical (unpaired) electrons. The first-order chi connectivity index (χ1) is 9.74. The van der Waals surface area contributed by atoms with E-state index in [1.54, 1.807) is 0 Å². The van der Waals surface area contributed by atoms with Crippen LogP contribution < -0.4 is 5.32 Å². The highest BCUT2D eigenvalue weighted by Crippen LogP contribution is 2.10. The Morgan fingerprint density at radius 3 is 2.80 bits per heavy atom. The first-order valence-corrected chi connectivity index (χ1v) is 7.79. The van der Waals surface area contributed by atoms with E-state index < -0.39 is 0 Å². The fourth-order valence-corrected chi connectivity index (χ4v) is 2.62. The number of imidazole rings is 1. The Balaban J connectivity index is 1.54. The van der Waals surface area contributed by atoms with Gasteiger partial charge in [0.05, 0.1) is 6.33 Å². The lowest BCUT2D eigenvalue weighted by Crippen LogP contribution is -2.42. The first-order valence-electron chi connectivity index (χ1n) is 7.79. The molecule has 1 aromatic rings. The average molecular weight is 276 g/mol. The number of aromatic nitrogens is 2. The SMILES string of the molecule is CC(C)=CCN1CCC(NCCCn2ccnc2)CC1. The fourth-order valence-electron chi connectivity index (χ4n) is 2.62. The van der Waals surface area contributed by atoms with Gasteiger partial charge >= 0.3 is 0 Å². The molecule has 0 bridgehead atoms. The molecule has 0 atom stereocenters. The van der Waals surface area contributed by atoms with Gasteiger partial charge in [0.25, 0.3) is 0 Å². The molecule has 0 saturated carbocycles. The van der Waals surface area contributed by atoms with E-state index >= 15 is 0 Å². The molecule has 0 amide bonds. The molecule has 0 spiro atoms. The normalized spacial score (nSPS) is 17.3. The number of aryl methyl sites for hydroxylation is 1. The number of piperidine rings is 1. The standard InChI is InChI=1S/C16H28N4/c1-15(2)4-10-19-11-5-16(6-12-19)18-7-3-9-20-13-8-17-14-20/h4,8,13-14,16,18H,3,5-7,9-12H2,1-2H3. The van der Waals surface area contributed by atoms with Crippen molar-refractivity contribution in [2.45, 2.75) is 45.7 Å². The summed E-state index contributed by atoms with van der Waals surface area (Å²) in [7, 11) is 0. The highest BCUT2D eigenvalue weighted by atomic mass is 15.1. The second-order valence-corrected chi connectivity index (χ2v) is 5.96. The Hall–Kier alpha value is -1.13. The van der Waals surface area contributed by atoms with Crippen LogP contribution >= 0.6 is 0 Å². The molecule has 1 saturated heterocycles.